The summed E-state index contributed by atoms with van der Waals surface area (Å²) in [6, 6.07) is 0. The molecule has 1 rings (SSSR count). The van der Waals surface area contributed by atoms with Gasteiger partial charge in [0.15, 0.2) is 0 Å². The lowest BCUT2D eigenvalue weighted by Gasteiger charge is -1.97. The molecule has 1 heterocycles. The Bertz CT molecular complexity index is 215. The van der Waals surface area contributed by atoms with Crippen molar-refractivity contribution in [1.82, 2.24) is 9.55 Å². The van der Waals surface area contributed by atoms with E-state index in [1.807, 2.05) is 6.33 Å². The van der Waals surface area contributed by atoms with Gasteiger partial charge in [-0.25, -0.2) is 4.98 Å². The van der Waals surface area contributed by atoms with Crippen LogP contribution < -0.4 is 0 Å². The van der Waals surface area contributed by atoms with Crippen LogP contribution in [0.5, 0.6) is 0 Å². The Morgan fingerprint density at radius 2 is 2.17 bits per heavy atom. The van der Waals surface area contributed by atoms with Gasteiger partial charge < -0.3 is 4.57 Å². The van der Waals surface area contributed by atoms with Crippen molar-refractivity contribution in [3.63, 3.8) is 0 Å². The number of nitrogens with zero attached hydrogens (tertiary/aromatic N) is 2. The van der Waals surface area contributed by atoms with Crippen LogP contribution in [0.4, 0.5) is 0 Å². The predicted molar refractivity (Wildman–Crippen MR) is 51.1 cm³/mol. The molecule has 0 saturated heterocycles. The molecule has 0 aliphatic carbocycles. The zero-order chi connectivity index (χ0) is 8.81. The molecule has 0 atom stereocenters. The highest BCUT2D eigenvalue weighted by molar-refractivity contribution is 4.96. The van der Waals surface area contributed by atoms with E-state index >= 15 is 0 Å². The normalized spacial score (nSPS) is 10.5. The summed E-state index contributed by atoms with van der Waals surface area (Å²) >= 11 is 0. The summed E-state index contributed by atoms with van der Waals surface area (Å²) in [5.41, 5.74) is 1.23. The van der Waals surface area contributed by atoms with Crippen molar-refractivity contribution >= 4 is 0 Å². The third-order valence-corrected chi connectivity index (χ3v) is 1.96. The zero-order valence-corrected chi connectivity index (χ0v) is 8.08. The van der Waals surface area contributed by atoms with Gasteiger partial charge in [0.1, 0.15) is 0 Å². The van der Waals surface area contributed by atoms with Gasteiger partial charge in [0.2, 0.25) is 0 Å². The molecular formula is C10H18N2. The van der Waals surface area contributed by atoms with Crippen molar-refractivity contribution in [1.29, 1.82) is 0 Å². The summed E-state index contributed by atoms with van der Waals surface area (Å²) in [5.74, 6) is 0. The fraction of sp³-hybridized carbons (Fsp3) is 0.700. The van der Waals surface area contributed by atoms with Gasteiger partial charge in [-0.15, -0.1) is 0 Å². The Kier molecular flexibility index (Phi) is 3.85. The van der Waals surface area contributed by atoms with E-state index in [4.69, 9.17) is 0 Å². The second kappa shape index (κ2) is 4.96. The number of hydrogen-bond acceptors (Lipinski definition) is 1. The number of imidazole rings is 1. The van der Waals surface area contributed by atoms with Crippen LogP contribution in [0.25, 0.3) is 0 Å². The van der Waals surface area contributed by atoms with Crippen molar-refractivity contribution in [3.05, 3.63) is 18.2 Å². The lowest BCUT2D eigenvalue weighted by atomic mass is 10.3. The van der Waals surface area contributed by atoms with Gasteiger partial charge in [0.05, 0.1) is 12.0 Å². The van der Waals surface area contributed by atoms with Gasteiger partial charge in [-0.1, -0.05) is 26.7 Å². The number of aromatic nitrogens is 2. The van der Waals surface area contributed by atoms with Crippen LogP contribution in [-0.4, -0.2) is 9.55 Å². The molecule has 0 saturated carbocycles. The number of aryl methyl sites for hydroxylation is 2. The first-order valence-corrected chi connectivity index (χ1v) is 4.87. The smallest absolute Gasteiger partial charge is 0.0949 e. The molecule has 0 fully saturated rings. The lowest BCUT2D eigenvalue weighted by Crippen LogP contribution is -1.92. The molecule has 0 spiro atoms. The summed E-state index contributed by atoms with van der Waals surface area (Å²) in [6.45, 7) is 5.52. The highest BCUT2D eigenvalue weighted by Crippen LogP contribution is 2.01. The van der Waals surface area contributed by atoms with Gasteiger partial charge in [-0.05, 0) is 12.8 Å². The molecule has 1 aromatic heterocycles. The van der Waals surface area contributed by atoms with Crippen LogP contribution in [0, 0.1) is 0 Å². The fourth-order valence-corrected chi connectivity index (χ4v) is 1.25. The number of unbranched alkanes of at least 4 members (excludes halogenated alkanes) is 1. The van der Waals surface area contributed by atoms with Crippen molar-refractivity contribution in [2.24, 2.45) is 0 Å². The average Bonchev–Trinajstić information content (AvgIpc) is 2.50. The summed E-state index contributed by atoms with van der Waals surface area (Å²) < 4.78 is 2.19. The molecule has 0 aliphatic rings. The first-order valence-electron chi connectivity index (χ1n) is 4.87. The van der Waals surface area contributed by atoms with Crippen LogP contribution in [0.3, 0.4) is 0 Å². The van der Waals surface area contributed by atoms with E-state index in [1.54, 1.807) is 0 Å². The Hall–Kier alpha value is -0.790. The Morgan fingerprint density at radius 1 is 1.33 bits per heavy atom. The number of rotatable bonds is 5. The second-order valence-corrected chi connectivity index (χ2v) is 3.21. The van der Waals surface area contributed by atoms with Crippen LogP contribution in [-0.2, 0) is 13.0 Å². The highest BCUT2D eigenvalue weighted by Gasteiger charge is 1.95. The standard InChI is InChI=1S/C10H18N2/c1-3-5-7-12-8-10(6-4-2)11-9-12/h8-9H,3-7H2,1-2H3. The van der Waals surface area contributed by atoms with E-state index in [1.165, 1.54) is 25.0 Å². The molecule has 2 heteroatoms. The minimum absolute atomic E-state index is 1.11. The van der Waals surface area contributed by atoms with E-state index in [9.17, 15) is 0 Å². The van der Waals surface area contributed by atoms with E-state index in [2.05, 4.69) is 29.6 Å². The molecule has 0 unspecified atom stereocenters. The van der Waals surface area contributed by atoms with Gasteiger partial charge in [0.25, 0.3) is 0 Å². The molecule has 2 nitrogen and oxygen atoms in total. The highest BCUT2D eigenvalue weighted by atomic mass is 15.0. The molecule has 0 radical (unpaired) electrons. The van der Waals surface area contributed by atoms with Crippen LogP contribution in [0.2, 0.25) is 0 Å². The molecule has 0 N–H and O–H groups in total. The largest absolute Gasteiger partial charge is 0.337 e. The predicted octanol–water partition coefficient (Wildman–Crippen LogP) is 2.64. The summed E-state index contributed by atoms with van der Waals surface area (Å²) in [4.78, 5) is 4.32. The minimum atomic E-state index is 1.11. The van der Waals surface area contributed by atoms with Gasteiger partial charge in [-0.2, -0.15) is 0 Å². The second-order valence-electron chi connectivity index (χ2n) is 3.21. The third kappa shape index (κ3) is 2.68. The molecule has 0 amide bonds. The Balaban J connectivity index is 2.41. The van der Waals surface area contributed by atoms with Crippen molar-refractivity contribution < 1.29 is 0 Å². The molecule has 0 aromatic carbocycles. The minimum Gasteiger partial charge on any atom is -0.337 e. The van der Waals surface area contributed by atoms with Crippen LogP contribution in [0.1, 0.15) is 38.8 Å². The number of hydrogen-bond donors (Lipinski definition) is 0. The van der Waals surface area contributed by atoms with Gasteiger partial charge >= 0.3 is 0 Å². The summed E-state index contributed by atoms with van der Waals surface area (Å²) in [7, 11) is 0. The zero-order valence-electron chi connectivity index (χ0n) is 8.08. The van der Waals surface area contributed by atoms with Crippen LogP contribution in [0.15, 0.2) is 12.5 Å². The van der Waals surface area contributed by atoms with E-state index in [0.29, 0.717) is 0 Å². The van der Waals surface area contributed by atoms with Crippen LogP contribution >= 0.6 is 0 Å². The van der Waals surface area contributed by atoms with Gasteiger partial charge in [0, 0.05) is 12.7 Å². The summed E-state index contributed by atoms with van der Waals surface area (Å²) in [5, 5.41) is 0. The van der Waals surface area contributed by atoms with E-state index in [-0.39, 0.29) is 0 Å². The monoisotopic (exact) mass is 166 g/mol. The topological polar surface area (TPSA) is 17.8 Å². The quantitative estimate of drug-likeness (QED) is 0.657. The molecule has 12 heavy (non-hydrogen) atoms. The van der Waals surface area contributed by atoms with Crippen molar-refractivity contribution in [2.45, 2.75) is 46.1 Å². The van der Waals surface area contributed by atoms with Crippen molar-refractivity contribution in [2.75, 3.05) is 0 Å². The molecule has 1 aromatic rings. The average molecular weight is 166 g/mol. The van der Waals surface area contributed by atoms with E-state index < -0.39 is 0 Å². The summed E-state index contributed by atoms with van der Waals surface area (Å²) in [6.07, 6.45) is 8.91. The lowest BCUT2D eigenvalue weighted by molar-refractivity contribution is 0.631. The Labute approximate surface area is 74.6 Å². The molecular weight excluding hydrogens is 148 g/mol. The van der Waals surface area contributed by atoms with E-state index in [0.717, 1.165) is 13.0 Å². The van der Waals surface area contributed by atoms with Gasteiger partial charge in [-0.3, -0.25) is 0 Å². The fourth-order valence-electron chi connectivity index (χ4n) is 1.25. The Morgan fingerprint density at radius 3 is 2.83 bits per heavy atom. The first-order chi connectivity index (χ1) is 5.86. The SMILES string of the molecule is CCCCn1cnc(CCC)c1. The maximum Gasteiger partial charge on any atom is 0.0949 e. The molecule has 0 bridgehead atoms. The maximum atomic E-state index is 4.32. The first kappa shape index (κ1) is 9.30. The maximum absolute atomic E-state index is 4.32. The molecule has 68 valence electrons. The van der Waals surface area contributed by atoms with Crippen molar-refractivity contribution in [3.8, 4) is 0 Å². The third-order valence-electron chi connectivity index (χ3n) is 1.96. The molecule has 0 aliphatic heterocycles.